The molecule has 1 atom stereocenters. The lowest BCUT2D eigenvalue weighted by Crippen LogP contribution is -2.45. The van der Waals surface area contributed by atoms with E-state index in [9.17, 15) is 0 Å². The molecule has 0 aromatic carbocycles. The summed E-state index contributed by atoms with van der Waals surface area (Å²) in [4.78, 5) is 7.23. The number of aliphatic imine (C=N–C) groups is 1. The fraction of sp³-hybridized carbons (Fsp3) is 0.783. The van der Waals surface area contributed by atoms with Gasteiger partial charge in [0.25, 0.3) is 0 Å². The summed E-state index contributed by atoms with van der Waals surface area (Å²) in [5.41, 5.74) is 0. The average molecular weight is 562 g/mol. The van der Waals surface area contributed by atoms with Crippen molar-refractivity contribution in [2.45, 2.75) is 50.9 Å². The number of hydrogen-bond acceptors (Lipinski definition) is 6. The van der Waals surface area contributed by atoms with Gasteiger partial charge in [-0.25, -0.2) is 0 Å². The van der Waals surface area contributed by atoms with Crippen molar-refractivity contribution >= 4 is 29.9 Å². The summed E-state index contributed by atoms with van der Waals surface area (Å²) in [6.45, 7) is 9.76. The highest BCUT2D eigenvalue weighted by atomic mass is 127. The second-order valence-electron chi connectivity index (χ2n) is 8.97. The van der Waals surface area contributed by atoms with E-state index in [-0.39, 0.29) is 35.9 Å². The van der Waals surface area contributed by atoms with Crippen LogP contribution in [0, 0.1) is 5.92 Å². The van der Waals surface area contributed by atoms with Gasteiger partial charge in [0.15, 0.2) is 11.7 Å². The summed E-state index contributed by atoms with van der Waals surface area (Å²) in [6.07, 6.45) is 6.92. The molecule has 0 radical (unpaired) electrons. The van der Waals surface area contributed by atoms with Crippen molar-refractivity contribution in [3.63, 3.8) is 0 Å². The molecular formula is C23H39IN4O4. The van der Waals surface area contributed by atoms with Crippen LogP contribution in [-0.2, 0) is 20.6 Å². The fourth-order valence-electron chi connectivity index (χ4n) is 4.45. The maximum atomic E-state index is 6.33. The molecule has 1 aliphatic carbocycles. The molecule has 8 nitrogen and oxygen atoms in total. The molecular weight excluding hydrogens is 523 g/mol. The topological polar surface area (TPSA) is 80.5 Å². The van der Waals surface area contributed by atoms with Crippen molar-refractivity contribution in [1.29, 1.82) is 0 Å². The molecule has 182 valence electrons. The third kappa shape index (κ3) is 7.86. The summed E-state index contributed by atoms with van der Waals surface area (Å²) >= 11 is 0. The van der Waals surface area contributed by atoms with Crippen molar-refractivity contribution in [1.82, 2.24) is 15.5 Å². The van der Waals surface area contributed by atoms with Crippen LogP contribution in [0.1, 0.15) is 38.4 Å². The van der Waals surface area contributed by atoms with E-state index in [2.05, 4.69) is 22.5 Å². The lowest BCUT2D eigenvalue weighted by Gasteiger charge is -2.34. The Kier molecular flexibility index (Phi) is 10.6. The van der Waals surface area contributed by atoms with E-state index in [4.69, 9.17) is 23.6 Å². The molecule has 1 aromatic heterocycles. The van der Waals surface area contributed by atoms with Gasteiger partial charge in [0.2, 0.25) is 0 Å². The van der Waals surface area contributed by atoms with Crippen LogP contribution in [0.25, 0.3) is 0 Å². The number of ether oxygens (including phenoxy) is 3. The van der Waals surface area contributed by atoms with Gasteiger partial charge in [0.05, 0.1) is 32.6 Å². The van der Waals surface area contributed by atoms with E-state index in [1.54, 1.807) is 6.26 Å². The van der Waals surface area contributed by atoms with Gasteiger partial charge in [-0.05, 0) is 30.9 Å². The second-order valence-corrected chi connectivity index (χ2v) is 8.97. The van der Waals surface area contributed by atoms with Crippen LogP contribution in [0.5, 0.6) is 0 Å². The van der Waals surface area contributed by atoms with E-state index in [1.165, 1.54) is 12.8 Å². The Bertz CT molecular complexity index is 674. The second kappa shape index (κ2) is 13.1. The van der Waals surface area contributed by atoms with Gasteiger partial charge >= 0.3 is 0 Å². The molecule has 2 N–H and O–H groups in total. The Labute approximate surface area is 208 Å². The van der Waals surface area contributed by atoms with Gasteiger partial charge in [0.1, 0.15) is 11.9 Å². The van der Waals surface area contributed by atoms with Gasteiger partial charge in [-0.3, -0.25) is 9.89 Å². The largest absolute Gasteiger partial charge is 0.469 e. The molecule has 2 aliphatic heterocycles. The first-order valence-electron chi connectivity index (χ1n) is 11.9. The maximum absolute atomic E-state index is 6.33. The van der Waals surface area contributed by atoms with Gasteiger partial charge in [-0.2, -0.15) is 0 Å². The zero-order valence-corrected chi connectivity index (χ0v) is 21.6. The maximum Gasteiger partial charge on any atom is 0.191 e. The first-order valence-corrected chi connectivity index (χ1v) is 11.9. The van der Waals surface area contributed by atoms with Gasteiger partial charge in [-0.15, -0.1) is 24.0 Å². The lowest BCUT2D eigenvalue weighted by molar-refractivity contribution is -0.190. The molecule has 3 heterocycles. The van der Waals surface area contributed by atoms with E-state index in [1.807, 2.05) is 12.1 Å². The third-order valence-corrected chi connectivity index (χ3v) is 6.47. The molecule has 4 rings (SSSR count). The number of halogens is 1. The summed E-state index contributed by atoms with van der Waals surface area (Å²) < 4.78 is 23.3. The smallest absolute Gasteiger partial charge is 0.191 e. The van der Waals surface area contributed by atoms with E-state index in [0.29, 0.717) is 13.2 Å². The van der Waals surface area contributed by atoms with Crippen molar-refractivity contribution in [3.05, 3.63) is 24.2 Å². The molecule has 0 bridgehead atoms. The minimum atomic E-state index is -0.358. The summed E-state index contributed by atoms with van der Waals surface area (Å²) in [6, 6.07) is 3.92. The predicted octanol–water partition coefficient (Wildman–Crippen LogP) is 2.63. The molecule has 1 unspecified atom stereocenters. The molecule has 32 heavy (non-hydrogen) atoms. The molecule has 3 aliphatic rings. The number of nitrogens with zero attached hydrogens (tertiary/aromatic N) is 2. The highest BCUT2D eigenvalue weighted by molar-refractivity contribution is 14.0. The number of furan rings is 1. The van der Waals surface area contributed by atoms with E-state index >= 15 is 0 Å². The molecule has 9 heteroatoms. The summed E-state index contributed by atoms with van der Waals surface area (Å²) in [5.74, 6) is 2.21. The molecule has 1 spiro atoms. The van der Waals surface area contributed by atoms with Crippen molar-refractivity contribution in [2.24, 2.45) is 10.9 Å². The lowest BCUT2D eigenvalue weighted by atomic mass is 9.86. The van der Waals surface area contributed by atoms with Crippen LogP contribution in [0.15, 0.2) is 27.8 Å². The average Bonchev–Trinajstić information content (AvgIpc) is 3.45. The van der Waals surface area contributed by atoms with E-state index < -0.39 is 0 Å². The van der Waals surface area contributed by atoms with Crippen molar-refractivity contribution in [2.75, 3.05) is 59.1 Å². The third-order valence-electron chi connectivity index (χ3n) is 6.47. The van der Waals surface area contributed by atoms with Gasteiger partial charge in [0, 0.05) is 52.0 Å². The van der Waals surface area contributed by atoms with E-state index in [0.717, 1.165) is 82.8 Å². The standard InChI is InChI=1S/C23H38N4O4.HI/c1-19-4-7-23(8-5-19)30-18-21(31-23)17-26-22(24-9-6-20-3-2-14-29-20)25-10-11-27-12-15-28-16-13-27;/h2-3,14,19,21H,4-13,15-18H2,1H3,(H2,24,25,26);1H. The minimum Gasteiger partial charge on any atom is -0.469 e. The van der Waals surface area contributed by atoms with Crippen LogP contribution < -0.4 is 10.6 Å². The van der Waals surface area contributed by atoms with Gasteiger partial charge in [-0.1, -0.05) is 6.92 Å². The molecule has 1 saturated carbocycles. The Hall–Kier alpha value is -0.880. The molecule has 0 amide bonds. The minimum absolute atomic E-state index is 0. The fourth-order valence-corrected chi connectivity index (χ4v) is 4.45. The quantitative estimate of drug-likeness (QED) is 0.287. The number of rotatable bonds is 8. The summed E-state index contributed by atoms with van der Waals surface area (Å²) in [7, 11) is 0. The number of guanidine groups is 1. The highest BCUT2D eigenvalue weighted by Crippen LogP contribution is 2.39. The monoisotopic (exact) mass is 562 g/mol. The van der Waals surface area contributed by atoms with Crippen molar-refractivity contribution in [3.8, 4) is 0 Å². The molecule has 3 fully saturated rings. The van der Waals surface area contributed by atoms with Crippen LogP contribution in [0.3, 0.4) is 0 Å². The normalized spacial score (nSPS) is 29.1. The Morgan fingerprint density at radius 1 is 1.19 bits per heavy atom. The van der Waals surface area contributed by atoms with Crippen LogP contribution in [0.2, 0.25) is 0 Å². The van der Waals surface area contributed by atoms with Crippen LogP contribution in [0.4, 0.5) is 0 Å². The Balaban J connectivity index is 0.00000289. The molecule has 1 aromatic rings. The van der Waals surface area contributed by atoms with Crippen LogP contribution >= 0.6 is 24.0 Å². The number of hydrogen-bond donors (Lipinski definition) is 2. The summed E-state index contributed by atoms with van der Waals surface area (Å²) in [5, 5.41) is 6.91. The SMILES string of the molecule is CC1CCC2(CC1)OCC(CN=C(NCCc1ccco1)NCCN1CCOCC1)O2.I. The zero-order chi connectivity index (χ0) is 21.4. The highest BCUT2D eigenvalue weighted by Gasteiger charge is 2.43. The predicted molar refractivity (Wildman–Crippen MR) is 135 cm³/mol. The first kappa shape index (κ1) is 25.7. The first-order chi connectivity index (χ1) is 15.2. The zero-order valence-electron chi connectivity index (χ0n) is 19.2. The number of nitrogens with one attached hydrogen (secondary N) is 2. The van der Waals surface area contributed by atoms with Crippen LogP contribution in [-0.4, -0.2) is 81.8 Å². The van der Waals surface area contributed by atoms with Gasteiger partial charge < -0.3 is 29.3 Å². The van der Waals surface area contributed by atoms with Crippen molar-refractivity contribution < 1.29 is 18.6 Å². The number of morpholine rings is 1. The Morgan fingerprint density at radius 2 is 1.97 bits per heavy atom. The molecule has 2 saturated heterocycles. The Morgan fingerprint density at radius 3 is 2.72 bits per heavy atom.